The quantitative estimate of drug-likeness (QED) is 0.307. The van der Waals surface area contributed by atoms with Crippen molar-refractivity contribution in [3.63, 3.8) is 0 Å². The molecule has 0 aliphatic rings. The molecule has 2 heterocycles. The van der Waals surface area contributed by atoms with Gasteiger partial charge in [-0.05, 0) is 57.2 Å². The lowest BCUT2D eigenvalue weighted by Crippen LogP contribution is -2.25. The molecule has 0 saturated carbocycles. The van der Waals surface area contributed by atoms with E-state index >= 15 is 0 Å². The van der Waals surface area contributed by atoms with E-state index in [4.69, 9.17) is 5.26 Å². The number of hydrogen-bond acceptors (Lipinski definition) is 5. The fourth-order valence-corrected chi connectivity index (χ4v) is 3.46. The fraction of sp³-hybridized carbons (Fsp3) is 0.250. The number of alkyl halides is 2. The predicted octanol–water partition coefficient (Wildman–Crippen LogP) is 5.17. The van der Waals surface area contributed by atoms with Crippen LogP contribution in [0.15, 0.2) is 36.4 Å². The summed E-state index contributed by atoms with van der Waals surface area (Å²) in [6.07, 6.45) is -2.82. The van der Waals surface area contributed by atoms with Gasteiger partial charge in [-0.3, -0.25) is 4.40 Å². The molecule has 0 N–H and O–H groups in total. The summed E-state index contributed by atoms with van der Waals surface area (Å²) in [5.41, 5.74) is -0.304. The number of aromatic nitrogens is 4. The molecule has 10 heteroatoms. The highest BCUT2D eigenvalue weighted by Crippen LogP contribution is 2.33. The number of rotatable bonds is 4. The summed E-state index contributed by atoms with van der Waals surface area (Å²) >= 11 is 0. The average Bonchev–Trinajstić information content (AvgIpc) is 3.16. The molecule has 6 nitrogen and oxygen atoms in total. The lowest BCUT2D eigenvalue weighted by Gasteiger charge is -2.25. The number of hydrogen-bond donors (Lipinski definition) is 0. The van der Waals surface area contributed by atoms with E-state index in [1.54, 1.807) is 25.2 Å². The second-order valence-corrected chi connectivity index (χ2v) is 8.17. The molecule has 34 heavy (non-hydrogen) atoms. The third kappa shape index (κ3) is 4.48. The van der Waals surface area contributed by atoms with Gasteiger partial charge in [0, 0.05) is 16.6 Å². The van der Waals surface area contributed by atoms with Crippen LogP contribution >= 0.6 is 0 Å². The maximum absolute atomic E-state index is 14.5. The minimum Gasteiger partial charge on any atom is -0.320 e. The molecule has 172 valence electrons. The Hall–Kier alpha value is -4.18. The van der Waals surface area contributed by atoms with Crippen molar-refractivity contribution in [2.75, 3.05) is 11.4 Å². The molecule has 0 aliphatic carbocycles. The summed E-state index contributed by atoms with van der Waals surface area (Å²) < 4.78 is 57.6. The zero-order valence-corrected chi connectivity index (χ0v) is 18.4. The highest BCUT2D eigenvalue weighted by Gasteiger charge is 2.23. The van der Waals surface area contributed by atoms with Gasteiger partial charge in [0.15, 0.2) is 0 Å². The first-order valence-electron chi connectivity index (χ1n) is 10.2. The molecule has 0 radical (unpaired) electrons. The average molecular weight is 466 g/mol. The monoisotopic (exact) mass is 466 g/mol. The second kappa shape index (κ2) is 8.64. The van der Waals surface area contributed by atoms with Crippen molar-refractivity contribution in [1.82, 2.24) is 19.6 Å². The van der Waals surface area contributed by atoms with Crippen molar-refractivity contribution in [3.8, 4) is 17.9 Å². The Morgan fingerprint density at radius 1 is 1.09 bits per heavy atom. The minimum atomic E-state index is -2.82. The van der Waals surface area contributed by atoms with Crippen LogP contribution in [0, 0.1) is 47.1 Å². The first kappa shape index (κ1) is 23.0. The van der Waals surface area contributed by atoms with Gasteiger partial charge in [-0.1, -0.05) is 11.8 Å². The molecule has 0 saturated heterocycles. The van der Waals surface area contributed by atoms with Crippen molar-refractivity contribution < 1.29 is 17.6 Å². The summed E-state index contributed by atoms with van der Waals surface area (Å²) in [7, 11) is 0. The van der Waals surface area contributed by atoms with Crippen molar-refractivity contribution in [2.45, 2.75) is 27.2 Å². The molecule has 0 spiro atoms. The van der Waals surface area contributed by atoms with Gasteiger partial charge in [-0.25, -0.2) is 17.6 Å². The summed E-state index contributed by atoms with van der Waals surface area (Å²) in [6, 6.07) is 9.52. The highest BCUT2D eigenvalue weighted by atomic mass is 19.3. The highest BCUT2D eigenvalue weighted by molar-refractivity contribution is 5.93. The number of fused-ring (bicyclic) bond motifs is 3. The SMILES string of the molecule is Cc1nnc2nc(N(CC(F)F)c3cc(F)cc(C#CC(C)(C)C#N)c3)c3cc(F)ccc3n12. The Morgan fingerprint density at radius 2 is 1.85 bits per heavy atom. The Balaban J connectivity index is 1.97. The van der Waals surface area contributed by atoms with E-state index in [2.05, 4.69) is 27.0 Å². The van der Waals surface area contributed by atoms with E-state index in [1.165, 1.54) is 24.3 Å². The van der Waals surface area contributed by atoms with Gasteiger partial charge in [-0.2, -0.15) is 10.2 Å². The fourth-order valence-electron chi connectivity index (χ4n) is 3.46. The van der Waals surface area contributed by atoms with Gasteiger partial charge < -0.3 is 4.90 Å². The Labute approximate surface area is 192 Å². The molecule has 0 bridgehead atoms. The largest absolute Gasteiger partial charge is 0.320 e. The van der Waals surface area contributed by atoms with Crippen molar-refractivity contribution >= 4 is 28.2 Å². The van der Waals surface area contributed by atoms with Gasteiger partial charge in [-0.15, -0.1) is 10.2 Å². The van der Waals surface area contributed by atoms with E-state index in [0.29, 0.717) is 11.3 Å². The lowest BCUT2D eigenvalue weighted by molar-refractivity contribution is 0.158. The maximum Gasteiger partial charge on any atom is 0.257 e. The van der Waals surface area contributed by atoms with Gasteiger partial charge in [0.05, 0.1) is 18.1 Å². The topological polar surface area (TPSA) is 70.1 Å². The molecule has 0 fully saturated rings. The summed E-state index contributed by atoms with van der Waals surface area (Å²) in [4.78, 5) is 5.46. The molecule has 0 atom stereocenters. The van der Waals surface area contributed by atoms with Crippen LogP contribution in [-0.2, 0) is 0 Å². The number of anilines is 2. The van der Waals surface area contributed by atoms with E-state index in [0.717, 1.165) is 17.0 Å². The lowest BCUT2D eigenvalue weighted by atomic mass is 9.96. The van der Waals surface area contributed by atoms with Crippen LogP contribution in [0.1, 0.15) is 25.2 Å². The smallest absolute Gasteiger partial charge is 0.257 e. The standard InChI is InChI=1S/C24H18F4N6/c1-14-31-32-23-30-22(19-11-16(25)4-5-20(19)34(14)23)33(12-21(27)28)18-9-15(8-17(26)10-18)6-7-24(2,3)13-29/h4-5,8-11,21H,12H2,1-3H3. The number of nitrogens with zero attached hydrogens (tertiary/aromatic N) is 6. The normalized spacial score (nSPS) is 11.5. The molecule has 4 rings (SSSR count). The van der Waals surface area contributed by atoms with Gasteiger partial charge in [0.25, 0.3) is 12.2 Å². The minimum absolute atomic E-state index is 0.0310. The van der Waals surface area contributed by atoms with Crippen molar-refractivity contribution in [2.24, 2.45) is 5.41 Å². The molecule has 0 unspecified atom stereocenters. The summed E-state index contributed by atoms with van der Waals surface area (Å²) in [5, 5.41) is 17.3. The van der Waals surface area contributed by atoms with E-state index in [9.17, 15) is 17.6 Å². The third-order valence-electron chi connectivity index (χ3n) is 5.02. The van der Waals surface area contributed by atoms with Gasteiger partial charge in [0.2, 0.25) is 0 Å². The zero-order valence-electron chi connectivity index (χ0n) is 18.4. The molecule has 0 amide bonds. The zero-order chi connectivity index (χ0) is 24.6. The molecule has 0 aliphatic heterocycles. The van der Waals surface area contributed by atoms with Crippen LogP contribution in [0.3, 0.4) is 0 Å². The number of halogens is 4. The van der Waals surface area contributed by atoms with E-state index in [1.807, 2.05) is 6.07 Å². The Kier molecular flexibility index (Phi) is 5.84. The van der Waals surface area contributed by atoms with Crippen LogP contribution in [-0.4, -0.2) is 32.6 Å². The predicted molar refractivity (Wildman–Crippen MR) is 119 cm³/mol. The van der Waals surface area contributed by atoms with E-state index in [-0.39, 0.29) is 28.2 Å². The molecule has 2 aromatic carbocycles. The second-order valence-electron chi connectivity index (χ2n) is 8.17. The first-order chi connectivity index (χ1) is 16.1. The number of benzene rings is 2. The summed E-state index contributed by atoms with van der Waals surface area (Å²) in [5.74, 6) is 4.72. The first-order valence-corrected chi connectivity index (χ1v) is 10.2. The van der Waals surface area contributed by atoms with Crippen LogP contribution in [0.5, 0.6) is 0 Å². The van der Waals surface area contributed by atoms with Crippen molar-refractivity contribution in [1.29, 1.82) is 5.26 Å². The van der Waals surface area contributed by atoms with Crippen LogP contribution in [0.2, 0.25) is 0 Å². The van der Waals surface area contributed by atoms with Crippen LogP contribution in [0.4, 0.5) is 29.1 Å². The number of nitriles is 1. The summed E-state index contributed by atoms with van der Waals surface area (Å²) in [6.45, 7) is 4.04. The Morgan fingerprint density at radius 3 is 2.56 bits per heavy atom. The van der Waals surface area contributed by atoms with Gasteiger partial charge in [0.1, 0.15) is 28.7 Å². The third-order valence-corrected chi connectivity index (χ3v) is 5.02. The van der Waals surface area contributed by atoms with Crippen LogP contribution in [0.25, 0.3) is 16.7 Å². The van der Waals surface area contributed by atoms with Gasteiger partial charge >= 0.3 is 0 Å². The molecular formula is C24H18F4N6. The molecular weight excluding hydrogens is 448 g/mol. The molecule has 4 aromatic rings. The maximum atomic E-state index is 14.5. The van der Waals surface area contributed by atoms with Crippen LogP contribution < -0.4 is 4.90 Å². The van der Waals surface area contributed by atoms with E-state index < -0.39 is 30.0 Å². The van der Waals surface area contributed by atoms with Crippen molar-refractivity contribution in [3.05, 3.63) is 59.4 Å². The number of aryl methyl sites for hydroxylation is 1. The Bertz CT molecular complexity index is 1510. The molecule has 2 aromatic heterocycles.